The van der Waals surface area contributed by atoms with Gasteiger partial charge in [-0.3, -0.25) is 4.79 Å². The summed E-state index contributed by atoms with van der Waals surface area (Å²) in [6, 6.07) is 20.0. The molecule has 6 nitrogen and oxygen atoms in total. The molecule has 2 N–H and O–H groups in total. The Labute approximate surface area is 224 Å². The zero-order valence-electron chi connectivity index (χ0n) is 22.2. The molecular formula is C32H35NO5. The average molecular weight is 514 g/mol. The van der Waals surface area contributed by atoms with Gasteiger partial charge in [0.25, 0.3) is 0 Å². The smallest absolute Gasteiger partial charge is 0.225 e. The van der Waals surface area contributed by atoms with Crippen LogP contribution in [0.5, 0.6) is 23.0 Å². The van der Waals surface area contributed by atoms with Crippen LogP contribution in [-0.2, 0) is 4.79 Å². The van der Waals surface area contributed by atoms with E-state index in [4.69, 9.17) is 9.47 Å². The minimum atomic E-state index is -0.406. The van der Waals surface area contributed by atoms with Gasteiger partial charge in [-0.15, -0.1) is 0 Å². The van der Waals surface area contributed by atoms with Crippen LogP contribution in [-0.4, -0.2) is 40.7 Å². The van der Waals surface area contributed by atoms with Crippen molar-refractivity contribution in [2.24, 2.45) is 5.92 Å². The van der Waals surface area contributed by atoms with Gasteiger partial charge in [0, 0.05) is 24.1 Å². The van der Waals surface area contributed by atoms with E-state index >= 15 is 0 Å². The Morgan fingerprint density at radius 2 is 1.74 bits per heavy atom. The van der Waals surface area contributed by atoms with Gasteiger partial charge in [-0.1, -0.05) is 37.1 Å². The molecule has 198 valence electrons. The molecule has 0 spiro atoms. The van der Waals surface area contributed by atoms with Crippen LogP contribution in [0, 0.1) is 5.92 Å². The highest BCUT2D eigenvalue weighted by Gasteiger charge is 2.30. The Balaban J connectivity index is 1.35. The first-order valence-electron chi connectivity index (χ1n) is 13.3. The van der Waals surface area contributed by atoms with Gasteiger partial charge in [0.1, 0.15) is 35.7 Å². The first-order chi connectivity index (χ1) is 18.3. The number of fused-ring (bicyclic) bond motifs is 1. The lowest BCUT2D eigenvalue weighted by Gasteiger charge is -2.31. The van der Waals surface area contributed by atoms with Crippen LogP contribution in [0.2, 0.25) is 0 Å². The van der Waals surface area contributed by atoms with E-state index in [9.17, 15) is 15.0 Å². The number of carbonyl (C=O) groups is 1. The zero-order chi connectivity index (χ0) is 26.8. The quantitative estimate of drug-likeness (QED) is 0.373. The number of ether oxygens (including phenoxy) is 2. The Bertz CT molecular complexity index is 1340. The number of hydrogen-bond acceptors (Lipinski definition) is 5. The minimum Gasteiger partial charge on any atom is -0.508 e. The van der Waals surface area contributed by atoms with Gasteiger partial charge in [0.15, 0.2) is 0 Å². The van der Waals surface area contributed by atoms with Crippen molar-refractivity contribution >= 4 is 17.1 Å². The van der Waals surface area contributed by atoms with Crippen LogP contribution in [0.4, 0.5) is 0 Å². The molecule has 3 aromatic rings. The fourth-order valence-corrected chi connectivity index (χ4v) is 5.46. The van der Waals surface area contributed by atoms with Crippen molar-refractivity contribution in [2.45, 2.75) is 51.7 Å². The van der Waals surface area contributed by atoms with Crippen LogP contribution < -0.4 is 9.47 Å². The van der Waals surface area contributed by atoms with Gasteiger partial charge in [0.05, 0.1) is 6.04 Å². The Hall–Kier alpha value is -3.93. The second-order valence-electron chi connectivity index (χ2n) is 10.4. The van der Waals surface area contributed by atoms with Crippen molar-refractivity contribution in [1.29, 1.82) is 0 Å². The van der Waals surface area contributed by atoms with Crippen molar-refractivity contribution < 1.29 is 24.5 Å². The lowest BCUT2D eigenvalue weighted by molar-refractivity contribution is -0.136. The molecule has 0 bridgehead atoms. The van der Waals surface area contributed by atoms with Gasteiger partial charge in [-0.25, -0.2) is 0 Å². The summed E-state index contributed by atoms with van der Waals surface area (Å²) in [5, 5.41) is 20.2. The third kappa shape index (κ3) is 5.21. The molecule has 1 saturated carbocycles. The molecule has 3 aromatic carbocycles. The van der Waals surface area contributed by atoms with Crippen molar-refractivity contribution in [2.75, 3.05) is 13.7 Å². The van der Waals surface area contributed by atoms with Gasteiger partial charge in [0.2, 0.25) is 5.91 Å². The van der Waals surface area contributed by atoms with Crippen LogP contribution in [0.1, 0.15) is 62.3 Å². The third-order valence-electron chi connectivity index (χ3n) is 7.82. The summed E-state index contributed by atoms with van der Waals surface area (Å²) < 4.78 is 12.5. The monoisotopic (exact) mass is 513 g/mol. The van der Waals surface area contributed by atoms with Crippen molar-refractivity contribution in [1.82, 2.24) is 4.90 Å². The molecule has 1 amide bonds. The van der Waals surface area contributed by atoms with E-state index in [2.05, 4.69) is 0 Å². The third-order valence-corrected chi connectivity index (χ3v) is 7.82. The predicted octanol–water partition coefficient (Wildman–Crippen LogP) is 6.58. The molecule has 2 atom stereocenters. The first-order valence-corrected chi connectivity index (χ1v) is 13.3. The maximum absolute atomic E-state index is 12.7. The highest BCUT2D eigenvalue weighted by atomic mass is 16.5. The number of rotatable bonds is 7. The number of hydrogen-bond donors (Lipinski definition) is 2. The predicted molar refractivity (Wildman–Crippen MR) is 148 cm³/mol. The lowest BCUT2D eigenvalue weighted by atomic mass is 9.86. The van der Waals surface area contributed by atoms with E-state index in [1.807, 2.05) is 62.2 Å². The molecule has 1 aliphatic heterocycles. The number of amides is 1. The van der Waals surface area contributed by atoms with E-state index in [1.165, 1.54) is 0 Å². The number of aromatic hydroxyl groups is 2. The van der Waals surface area contributed by atoms with Crippen LogP contribution >= 0.6 is 0 Å². The Kier molecular flexibility index (Phi) is 7.32. The van der Waals surface area contributed by atoms with E-state index in [-0.39, 0.29) is 29.4 Å². The van der Waals surface area contributed by atoms with E-state index in [0.29, 0.717) is 12.4 Å². The van der Waals surface area contributed by atoms with Crippen molar-refractivity contribution in [3.8, 4) is 23.0 Å². The molecular weight excluding hydrogens is 478 g/mol. The normalized spacial score (nSPS) is 18.0. The topological polar surface area (TPSA) is 79.2 Å². The number of carbonyl (C=O) groups excluding carboxylic acids is 1. The minimum absolute atomic E-state index is 0.0275. The molecule has 2 aliphatic rings. The summed E-state index contributed by atoms with van der Waals surface area (Å²) >= 11 is 0. The second kappa shape index (κ2) is 10.8. The molecule has 0 radical (unpaired) electrons. The molecule has 0 aromatic heterocycles. The van der Waals surface area contributed by atoms with Crippen molar-refractivity contribution in [3.63, 3.8) is 0 Å². The summed E-state index contributed by atoms with van der Waals surface area (Å²) in [5.41, 5.74) is 4.51. The van der Waals surface area contributed by atoms with Crippen LogP contribution in [0.25, 0.3) is 11.1 Å². The highest BCUT2D eigenvalue weighted by Crippen LogP contribution is 2.47. The van der Waals surface area contributed by atoms with Gasteiger partial charge in [-0.05, 0) is 85.9 Å². The number of allylic oxidation sites excluding steroid dienone is 1. The molecule has 0 saturated heterocycles. The SMILES string of the molecule is CC1=C(c2cccc(O)c2)C(c2ccc(OCC(C)N(C)C(=O)C3CCCC3)cc2)Oc2ccc(O)cc21. The van der Waals surface area contributed by atoms with E-state index in [0.717, 1.165) is 59.3 Å². The summed E-state index contributed by atoms with van der Waals surface area (Å²) in [6.45, 7) is 4.44. The molecule has 1 aliphatic carbocycles. The zero-order valence-corrected chi connectivity index (χ0v) is 22.2. The maximum Gasteiger partial charge on any atom is 0.225 e. The largest absolute Gasteiger partial charge is 0.508 e. The second-order valence-corrected chi connectivity index (χ2v) is 10.4. The molecule has 38 heavy (non-hydrogen) atoms. The fraction of sp³-hybridized carbons (Fsp3) is 0.344. The number of phenols is 2. The Morgan fingerprint density at radius 1 is 1.03 bits per heavy atom. The summed E-state index contributed by atoms with van der Waals surface area (Å²) in [4.78, 5) is 14.6. The number of phenolic OH excluding ortho intramolecular Hbond substituents is 2. The average Bonchev–Trinajstić information content (AvgIpc) is 3.46. The highest BCUT2D eigenvalue weighted by molar-refractivity contribution is 5.95. The molecule has 1 fully saturated rings. The number of nitrogens with zero attached hydrogens (tertiary/aromatic N) is 1. The van der Waals surface area contributed by atoms with E-state index in [1.54, 1.807) is 30.3 Å². The van der Waals surface area contributed by atoms with Crippen molar-refractivity contribution in [3.05, 3.63) is 83.4 Å². The molecule has 5 rings (SSSR count). The number of likely N-dealkylation sites (N-methyl/N-ethyl adjacent to an activating group) is 1. The standard InChI is InChI=1S/C32H35NO5/c1-20(33(3)32(36)23-7-4-5-8-23)19-37-27-14-11-22(12-15-27)31-30(24-9-6-10-25(34)17-24)21(2)28-18-26(35)13-16-29(28)38-31/h6,9-18,20,23,31,34-35H,4-5,7-8,19H2,1-3H3. The maximum atomic E-state index is 12.7. The Morgan fingerprint density at radius 3 is 2.45 bits per heavy atom. The molecule has 1 heterocycles. The van der Waals surface area contributed by atoms with Gasteiger partial charge < -0.3 is 24.6 Å². The first kappa shape index (κ1) is 25.7. The van der Waals surface area contributed by atoms with Crippen LogP contribution in [0.3, 0.4) is 0 Å². The summed E-state index contributed by atoms with van der Waals surface area (Å²) in [7, 11) is 1.87. The summed E-state index contributed by atoms with van der Waals surface area (Å²) in [6.07, 6.45) is 3.86. The van der Waals surface area contributed by atoms with Crippen LogP contribution in [0.15, 0.2) is 66.7 Å². The number of benzene rings is 3. The summed E-state index contributed by atoms with van der Waals surface area (Å²) in [5.74, 6) is 2.15. The van der Waals surface area contributed by atoms with E-state index < -0.39 is 6.10 Å². The fourth-order valence-electron chi connectivity index (χ4n) is 5.46. The lowest BCUT2D eigenvalue weighted by Crippen LogP contribution is -2.41. The molecule has 6 heteroatoms. The molecule has 2 unspecified atom stereocenters. The van der Waals surface area contributed by atoms with Gasteiger partial charge >= 0.3 is 0 Å². The van der Waals surface area contributed by atoms with Gasteiger partial charge in [-0.2, -0.15) is 0 Å².